The molecule has 2 aromatic carbocycles. The molecule has 0 radical (unpaired) electrons. The number of benzene rings is 2. The lowest BCUT2D eigenvalue weighted by atomic mass is 9.99. The molecule has 0 atom stereocenters. The molecule has 1 aliphatic heterocycles. The number of aromatic nitrogens is 1. The molecule has 2 heterocycles. The van der Waals surface area contributed by atoms with E-state index < -0.39 is 0 Å². The van der Waals surface area contributed by atoms with Crippen molar-refractivity contribution in [1.29, 1.82) is 0 Å². The zero-order valence-electron chi connectivity index (χ0n) is 15.3. The fourth-order valence-corrected chi connectivity index (χ4v) is 3.83. The molecule has 0 saturated carbocycles. The van der Waals surface area contributed by atoms with Crippen LogP contribution in [-0.4, -0.2) is 23.9 Å². The van der Waals surface area contributed by atoms with Crippen molar-refractivity contribution in [2.24, 2.45) is 0 Å². The Bertz CT molecular complexity index is 1030. The van der Waals surface area contributed by atoms with Crippen molar-refractivity contribution in [2.45, 2.75) is 19.3 Å². The molecule has 1 aliphatic rings. The van der Waals surface area contributed by atoms with Gasteiger partial charge in [-0.15, -0.1) is 11.3 Å². The van der Waals surface area contributed by atoms with Gasteiger partial charge >= 0.3 is 0 Å². The van der Waals surface area contributed by atoms with Crippen molar-refractivity contribution in [3.8, 4) is 17.0 Å². The second-order valence-electron chi connectivity index (χ2n) is 6.53. The molecule has 6 nitrogen and oxygen atoms in total. The summed E-state index contributed by atoms with van der Waals surface area (Å²) < 4.78 is 5.13. The SMILES string of the molecule is COc1ccc(CC(=O)Nc2nc(-c3ccc4c(c3)CCC(=O)N4)cs2)cc1. The zero-order valence-corrected chi connectivity index (χ0v) is 16.1. The lowest BCUT2D eigenvalue weighted by molar-refractivity contribution is -0.116. The zero-order chi connectivity index (χ0) is 19.5. The van der Waals surface area contributed by atoms with Gasteiger partial charge in [0.2, 0.25) is 11.8 Å². The first-order chi connectivity index (χ1) is 13.6. The summed E-state index contributed by atoms with van der Waals surface area (Å²) in [5, 5.41) is 8.23. The number of methoxy groups -OCH3 is 1. The lowest BCUT2D eigenvalue weighted by Gasteiger charge is -2.17. The summed E-state index contributed by atoms with van der Waals surface area (Å²) >= 11 is 1.39. The normalized spacial score (nSPS) is 12.8. The molecule has 1 aromatic heterocycles. The number of rotatable bonds is 5. The van der Waals surface area contributed by atoms with E-state index >= 15 is 0 Å². The molecule has 4 rings (SSSR count). The molecule has 28 heavy (non-hydrogen) atoms. The lowest BCUT2D eigenvalue weighted by Crippen LogP contribution is -2.18. The van der Waals surface area contributed by atoms with Crippen LogP contribution in [0.1, 0.15) is 17.5 Å². The van der Waals surface area contributed by atoms with Crippen LogP contribution >= 0.6 is 11.3 Å². The summed E-state index contributed by atoms with van der Waals surface area (Å²) in [6.07, 6.45) is 1.50. The number of anilines is 2. The highest BCUT2D eigenvalue weighted by atomic mass is 32.1. The van der Waals surface area contributed by atoms with Crippen LogP contribution in [0.15, 0.2) is 47.8 Å². The number of nitrogens with zero attached hydrogens (tertiary/aromatic N) is 1. The van der Waals surface area contributed by atoms with Crippen molar-refractivity contribution in [2.75, 3.05) is 17.7 Å². The predicted molar refractivity (Wildman–Crippen MR) is 110 cm³/mol. The Kier molecular flexibility index (Phi) is 5.08. The van der Waals surface area contributed by atoms with Crippen molar-refractivity contribution in [1.82, 2.24) is 4.98 Å². The van der Waals surface area contributed by atoms with Gasteiger partial charge in [-0.1, -0.05) is 18.2 Å². The molecular weight excluding hydrogens is 374 g/mol. The number of carbonyl (C=O) groups excluding carboxylic acids is 2. The Balaban J connectivity index is 1.42. The van der Waals surface area contributed by atoms with Gasteiger partial charge in [-0.25, -0.2) is 4.98 Å². The third-order valence-corrected chi connectivity index (χ3v) is 5.33. The largest absolute Gasteiger partial charge is 0.497 e. The highest BCUT2D eigenvalue weighted by Gasteiger charge is 2.16. The summed E-state index contributed by atoms with van der Waals surface area (Å²) in [5.41, 5.74) is 4.66. The fourth-order valence-electron chi connectivity index (χ4n) is 3.10. The molecular formula is C21H19N3O3S. The van der Waals surface area contributed by atoms with Crippen molar-refractivity contribution in [3.05, 3.63) is 59.0 Å². The molecule has 142 valence electrons. The number of fused-ring (bicyclic) bond motifs is 1. The molecule has 0 bridgehead atoms. The fraction of sp³-hybridized carbons (Fsp3) is 0.190. The second-order valence-corrected chi connectivity index (χ2v) is 7.39. The Morgan fingerprint density at radius 1 is 1.21 bits per heavy atom. The number of hydrogen-bond acceptors (Lipinski definition) is 5. The Morgan fingerprint density at radius 2 is 2.04 bits per heavy atom. The predicted octanol–water partition coefficient (Wildman–Crippen LogP) is 3.88. The minimum Gasteiger partial charge on any atom is -0.497 e. The minimum absolute atomic E-state index is 0.0516. The van der Waals surface area contributed by atoms with Crippen molar-refractivity contribution >= 4 is 34.0 Å². The van der Waals surface area contributed by atoms with E-state index in [1.54, 1.807) is 7.11 Å². The van der Waals surface area contributed by atoms with Crippen molar-refractivity contribution in [3.63, 3.8) is 0 Å². The van der Waals surface area contributed by atoms with E-state index in [9.17, 15) is 9.59 Å². The van der Waals surface area contributed by atoms with E-state index in [4.69, 9.17) is 4.74 Å². The summed E-state index contributed by atoms with van der Waals surface area (Å²) in [7, 11) is 1.61. The number of thiazole rings is 1. The first-order valence-electron chi connectivity index (χ1n) is 8.92. The number of hydrogen-bond donors (Lipinski definition) is 2. The van der Waals surface area contributed by atoms with Gasteiger partial charge < -0.3 is 15.4 Å². The van der Waals surface area contributed by atoms with Gasteiger partial charge in [-0.05, 0) is 41.8 Å². The number of amides is 2. The van der Waals surface area contributed by atoms with Gasteiger partial charge in [-0.2, -0.15) is 0 Å². The van der Waals surface area contributed by atoms with Gasteiger partial charge in [0.05, 0.1) is 19.2 Å². The highest BCUT2D eigenvalue weighted by Crippen LogP contribution is 2.30. The third-order valence-electron chi connectivity index (χ3n) is 4.57. The van der Waals surface area contributed by atoms with Crippen LogP contribution in [0.2, 0.25) is 0 Å². The maximum Gasteiger partial charge on any atom is 0.230 e. The molecule has 0 saturated heterocycles. The van der Waals surface area contributed by atoms with Crippen LogP contribution in [-0.2, 0) is 22.4 Å². The van der Waals surface area contributed by atoms with E-state index in [0.717, 1.165) is 40.2 Å². The summed E-state index contributed by atoms with van der Waals surface area (Å²) in [6.45, 7) is 0. The van der Waals surface area contributed by atoms with Gasteiger partial charge in [-0.3, -0.25) is 9.59 Å². The van der Waals surface area contributed by atoms with Crippen molar-refractivity contribution < 1.29 is 14.3 Å². The first-order valence-corrected chi connectivity index (χ1v) is 9.80. The van der Waals surface area contributed by atoms with Crippen LogP contribution < -0.4 is 15.4 Å². The Hall–Kier alpha value is -3.19. The van der Waals surface area contributed by atoms with Crippen LogP contribution in [0.5, 0.6) is 5.75 Å². The average molecular weight is 393 g/mol. The smallest absolute Gasteiger partial charge is 0.230 e. The minimum atomic E-state index is -0.112. The molecule has 2 N–H and O–H groups in total. The van der Waals surface area contributed by atoms with Crippen LogP contribution in [0, 0.1) is 0 Å². The number of nitrogens with one attached hydrogen (secondary N) is 2. The van der Waals surface area contributed by atoms with E-state index in [2.05, 4.69) is 15.6 Å². The monoisotopic (exact) mass is 393 g/mol. The number of aryl methyl sites for hydroxylation is 1. The van der Waals surface area contributed by atoms with Gasteiger partial charge in [0.15, 0.2) is 5.13 Å². The van der Waals surface area contributed by atoms with Gasteiger partial charge in [0.1, 0.15) is 5.75 Å². The first kappa shape index (κ1) is 18.2. The third kappa shape index (κ3) is 4.04. The van der Waals surface area contributed by atoms with Crippen LogP contribution in [0.25, 0.3) is 11.3 Å². The van der Waals surface area contributed by atoms with E-state index in [0.29, 0.717) is 11.6 Å². The molecule has 0 aliphatic carbocycles. The standard InChI is InChI=1S/C21H19N3O3S/c1-27-16-6-2-13(3-7-16)10-20(26)24-21-23-18(12-28-21)15-4-8-17-14(11-15)5-9-19(25)22-17/h2-4,6-8,11-12H,5,9-10H2,1H3,(H,22,25)(H,23,24,26). The molecule has 3 aromatic rings. The topological polar surface area (TPSA) is 80.3 Å². The van der Waals surface area contributed by atoms with Gasteiger partial charge in [0, 0.05) is 23.1 Å². The van der Waals surface area contributed by atoms with Crippen LogP contribution in [0.3, 0.4) is 0 Å². The summed E-state index contributed by atoms with van der Waals surface area (Å²) in [6, 6.07) is 13.3. The average Bonchev–Trinajstić information content (AvgIpc) is 3.16. The maximum atomic E-state index is 12.3. The second kappa shape index (κ2) is 7.82. The van der Waals surface area contributed by atoms with E-state index in [1.165, 1.54) is 11.3 Å². The van der Waals surface area contributed by atoms with Crippen LogP contribution in [0.4, 0.5) is 10.8 Å². The van der Waals surface area contributed by atoms with E-state index in [1.807, 2.05) is 47.8 Å². The molecule has 0 fully saturated rings. The quantitative estimate of drug-likeness (QED) is 0.689. The molecule has 0 unspecified atom stereocenters. The molecule has 7 heteroatoms. The maximum absolute atomic E-state index is 12.3. The van der Waals surface area contributed by atoms with E-state index in [-0.39, 0.29) is 18.2 Å². The number of carbonyl (C=O) groups is 2. The van der Waals surface area contributed by atoms with Gasteiger partial charge in [0.25, 0.3) is 0 Å². The molecule has 2 amide bonds. The summed E-state index contributed by atoms with van der Waals surface area (Å²) in [4.78, 5) is 28.3. The Morgan fingerprint density at radius 3 is 2.82 bits per heavy atom. The molecule has 0 spiro atoms. The highest BCUT2D eigenvalue weighted by molar-refractivity contribution is 7.14. The Labute approximate surface area is 166 Å². The number of ether oxygens (including phenoxy) is 1. The summed E-state index contributed by atoms with van der Waals surface area (Å²) in [5.74, 6) is 0.702.